The minimum absolute atomic E-state index is 0.0252. The molecule has 0 unspecified atom stereocenters. The molecule has 12 heavy (non-hydrogen) atoms. The van der Waals surface area contributed by atoms with Crippen LogP contribution in [0.25, 0.3) is 0 Å². The monoisotopic (exact) mass is 183 g/mol. The second-order valence-corrected chi connectivity index (χ2v) is 3.60. The average Bonchev–Trinajstić information content (AvgIpc) is 2.58. The molecule has 0 bridgehead atoms. The summed E-state index contributed by atoms with van der Waals surface area (Å²) in [6.07, 6.45) is 0.0581. The SMILES string of the molecule is O=C1CO[C@H](c2cccs2)CN1. The fourth-order valence-electron chi connectivity index (χ4n) is 1.15. The third-order valence-corrected chi connectivity index (χ3v) is 2.73. The number of rotatable bonds is 1. The number of nitrogens with one attached hydrogen (secondary N) is 1. The van der Waals surface area contributed by atoms with Crippen LogP contribution in [0.5, 0.6) is 0 Å². The molecule has 0 spiro atoms. The molecule has 64 valence electrons. The summed E-state index contributed by atoms with van der Waals surface area (Å²) >= 11 is 1.65. The number of carbonyl (C=O) groups excluding carboxylic acids is 1. The van der Waals surface area contributed by atoms with E-state index in [1.54, 1.807) is 11.3 Å². The van der Waals surface area contributed by atoms with Gasteiger partial charge in [-0.3, -0.25) is 4.79 Å². The number of morpholine rings is 1. The van der Waals surface area contributed by atoms with Crippen molar-refractivity contribution in [2.45, 2.75) is 6.10 Å². The minimum Gasteiger partial charge on any atom is -0.361 e. The highest BCUT2D eigenvalue weighted by atomic mass is 32.1. The molecule has 1 saturated heterocycles. The Morgan fingerprint density at radius 1 is 1.67 bits per heavy atom. The summed E-state index contributed by atoms with van der Waals surface area (Å²) in [5.41, 5.74) is 0. The van der Waals surface area contributed by atoms with E-state index in [0.717, 1.165) is 0 Å². The summed E-state index contributed by atoms with van der Waals surface area (Å²) in [5, 5.41) is 4.77. The van der Waals surface area contributed by atoms with Gasteiger partial charge in [0.1, 0.15) is 12.7 Å². The van der Waals surface area contributed by atoms with Crippen LogP contribution in [0.4, 0.5) is 0 Å². The fraction of sp³-hybridized carbons (Fsp3) is 0.375. The lowest BCUT2D eigenvalue weighted by atomic mass is 10.2. The molecule has 1 fully saturated rings. The highest BCUT2D eigenvalue weighted by Crippen LogP contribution is 2.22. The maximum absolute atomic E-state index is 10.7. The summed E-state index contributed by atoms with van der Waals surface area (Å²) in [6, 6.07) is 4.01. The van der Waals surface area contributed by atoms with Crippen LogP contribution < -0.4 is 5.32 Å². The minimum atomic E-state index is -0.0252. The van der Waals surface area contributed by atoms with Crippen LogP contribution in [0.1, 0.15) is 11.0 Å². The Kier molecular flexibility index (Phi) is 2.10. The Hall–Kier alpha value is -0.870. The summed E-state index contributed by atoms with van der Waals surface area (Å²) in [5.74, 6) is -0.0252. The predicted molar refractivity (Wildman–Crippen MR) is 46.0 cm³/mol. The Morgan fingerprint density at radius 2 is 2.58 bits per heavy atom. The molecule has 0 aliphatic carbocycles. The molecule has 1 aliphatic heterocycles. The quantitative estimate of drug-likeness (QED) is 0.703. The second kappa shape index (κ2) is 3.25. The zero-order valence-corrected chi connectivity index (χ0v) is 7.26. The normalized spacial score (nSPS) is 23.7. The third kappa shape index (κ3) is 1.49. The lowest BCUT2D eigenvalue weighted by molar-refractivity contribution is -0.133. The van der Waals surface area contributed by atoms with Gasteiger partial charge in [-0.25, -0.2) is 0 Å². The summed E-state index contributed by atoms with van der Waals surface area (Å²) in [4.78, 5) is 11.9. The van der Waals surface area contributed by atoms with Crippen LogP contribution in [0.2, 0.25) is 0 Å². The molecule has 4 heteroatoms. The number of carbonyl (C=O) groups is 1. The van der Waals surface area contributed by atoms with Gasteiger partial charge in [-0.05, 0) is 11.4 Å². The first-order valence-corrected chi connectivity index (χ1v) is 4.66. The van der Waals surface area contributed by atoms with E-state index in [1.807, 2.05) is 17.5 Å². The van der Waals surface area contributed by atoms with Crippen LogP contribution in [-0.4, -0.2) is 19.1 Å². The first kappa shape index (κ1) is 7.76. The number of hydrogen-bond donors (Lipinski definition) is 1. The highest BCUT2D eigenvalue weighted by Gasteiger charge is 2.20. The molecule has 0 aromatic carbocycles. The average molecular weight is 183 g/mol. The lowest BCUT2D eigenvalue weighted by Gasteiger charge is -2.21. The molecular weight excluding hydrogens is 174 g/mol. The molecule has 1 aromatic rings. The topological polar surface area (TPSA) is 38.3 Å². The van der Waals surface area contributed by atoms with E-state index >= 15 is 0 Å². The van der Waals surface area contributed by atoms with Gasteiger partial charge in [0.05, 0.1) is 0 Å². The maximum atomic E-state index is 10.7. The lowest BCUT2D eigenvalue weighted by Crippen LogP contribution is -2.38. The molecular formula is C8H9NO2S. The Morgan fingerprint density at radius 3 is 3.17 bits per heavy atom. The van der Waals surface area contributed by atoms with E-state index < -0.39 is 0 Å². The van der Waals surface area contributed by atoms with Gasteiger partial charge in [-0.2, -0.15) is 0 Å². The van der Waals surface area contributed by atoms with Crippen molar-refractivity contribution in [3.8, 4) is 0 Å². The molecule has 2 rings (SSSR count). The van der Waals surface area contributed by atoms with Gasteiger partial charge in [0.15, 0.2) is 0 Å². The van der Waals surface area contributed by atoms with Crippen molar-refractivity contribution in [2.75, 3.05) is 13.2 Å². The van der Waals surface area contributed by atoms with Crippen molar-refractivity contribution in [3.05, 3.63) is 22.4 Å². The summed E-state index contributed by atoms with van der Waals surface area (Å²) in [7, 11) is 0. The second-order valence-electron chi connectivity index (χ2n) is 2.62. The van der Waals surface area contributed by atoms with Crippen molar-refractivity contribution in [1.29, 1.82) is 0 Å². The number of ether oxygens (including phenoxy) is 1. The molecule has 1 N–H and O–H groups in total. The van der Waals surface area contributed by atoms with Crippen LogP contribution >= 0.6 is 11.3 Å². The maximum Gasteiger partial charge on any atom is 0.246 e. The predicted octanol–water partition coefficient (Wildman–Crippen LogP) is 0.936. The fourth-order valence-corrected chi connectivity index (χ4v) is 1.92. The zero-order chi connectivity index (χ0) is 8.39. The van der Waals surface area contributed by atoms with Crippen LogP contribution in [0, 0.1) is 0 Å². The van der Waals surface area contributed by atoms with Gasteiger partial charge in [-0.1, -0.05) is 6.07 Å². The van der Waals surface area contributed by atoms with Crippen molar-refractivity contribution in [2.24, 2.45) is 0 Å². The summed E-state index contributed by atoms with van der Waals surface area (Å²) in [6.45, 7) is 0.780. The number of thiophene rings is 1. The largest absolute Gasteiger partial charge is 0.361 e. The number of amides is 1. The molecule has 1 aromatic heterocycles. The van der Waals surface area contributed by atoms with Crippen LogP contribution in [-0.2, 0) is 9.53 Å². The van der Waals surface area contributed by atoms with Crippen LogP contribution in [0.3, 0.4) is 0 Å². The molecule has 3 nitrogen and oxygen atoms in total. The van der Waals surface area contributed by atoms with Gasteiger partial charge in [-0.15, -0.1) is 11.3 Å². The van der Waals surface area contributed by atoms with E-state index in [4.69, 9.17) is 4.74 Å². The van der Waals surface area contributed by atoms with Crippen molar-refractivity contribution < 1.29 is 9.53 Å². The Labute approximate surface area is 74.4 Å². The molecule has 0 saturated carbocycles. The first-order valence-electron chi connectivity index (χ1n) is 3.78. The molecule has 1 atom stereocenters. The van der Waals surface area contributed by atoms with Gasteiger partial charge < -0.3 is 10.1 Å². The van der Waals surface area contributed by atoms with E-state index in [0.29, 0.717) is 6.54 Å². The molecule has 1 aliphatic rings. The first-order chi connectivity index (χ1) is 5.86. The Balaban J connectivity index is 2.03. The van der Waals surface area contributed by atoms with E-state index in [9.17, 15) is 4.79 Å². The van der Waals surface area contributed by atoms with Crippen LogP contribution in [0.15, 0.2) is 17.5 Å². The van der Waals surface area contributed by atoms with E-state index in [-0.39, 0.29) is 18.6 Å². The summed E-state index contributed by atoms with van der Waals surface area (Å²) < 4.78 is 5.33. The molecule has 2 heterocycles. The van der Waals surface area contributed by atoms with Gasteiger partial charge in [0, 0.05) is 11.4 Å². The highest BCUT2D eigenvalue weighted by molar-refractivity contribution is 7.10. The van der Waals surface area contributed by atoms with E-state index in [1.165, 1.54) is 4.88 Å². The molecule has 0 radical (unpaired) electrons. The van der Waals surface area contributed by atoms with Crippen molar-refractivity contribution >= 4 is 17.2 Å². The van der Waals surface area contributed by atoms with E-state index in [2.05, 4.69) is 5.32 Å². The number of hydrogen-bond acceptors (Lipinski definition) is 3. The van der Waals surface area contributed by atoms with Gasteiger partial charge >= 0.3 is 0 Å². The Bertz CT molecular complexity index is 261. The molecule has 1 amide bonds. The standard InChI is InChI=1S/C8H9NO2S/c10-8-5-11-6(4-9-8)7-2-1-3-12-7/h1-3,6H,4-5H2,(H,9,10)/t6-/m0/s1. The van der Waals surface area contributed by atoms with Crippen molar-refractivity contribution in [3.63, 3.8) is 0 Å². The zero-order valence-electron chi connectivity index (χ0n) is 6.45. The smallest absolute Gasteiger partial charge is 0.246 e. The van der Waals surface area contributed by atoms with Gasteiger partial charge in [0.2, 0.25) is 5.91 Å². The van der Waals surface area contributed by atoms with Gasteiger partial charge in [0.25, 0.3) is 0 Å². The van der Waals surface area contributed by atoms with Crippen molar-refractivity contribution in [1.82, 2.24) is 5.32 Å². The third-order valence-electron chi connectivity index (χ3n) is 1.76.